The molecule has 1 N–H and O–H groups in total. The first-order valence-corrected chi connectivity index (χ1v) is 8.62. The highest BCUT2D eigenvalue weighted by atomic mass is 35.5. The van der Waals surface area contributed by atoms with Crippen LogP contribution in [-0.4, -0.2) is 42.5 Å². The van der Waals surface area contributed by atoms with Crippen molar-refractivity contribution in [2.45, 2.75) is 11.7 Å². The molecule has 2 aromatic carbocycles. The number of hydrogen-bond acceptors (Lipinski definition) is 4. The van der Waals surface area contributed by atoms with Crippen molar-refractivity contribution in [1.29, 1.82) is 0 Å². The summed E-state index contributed by atoms with van der Waals surface area (Å²) in [5.74, 6) is -2.04. The quantitative estimate of drug-likeness (QED) is 0.586. The predicted molar refractivity (Wildman–Crippen MR) is 96.8 cm³/mol. The van der Waals surface area contributed by atoms with Gasteiger partial charge in [0, 0.05) is 5.56 Å². The van der Waals surface area contributed by atoms with Crippen LogP contribution in [-0.2, 0) is 10.3 Å². The number of nitrogens with zero attached hydrogens (tertiary/aromatic N) is 1. The third-order valence-electron chi connectivity index (χ3n) is 4.51. The predicted octanol–water partition coefficient (Wildman–Crippen LogP) is 3.54. The number of carbonyl (C=O) groups excluding carboxylic acids is 3. The van der Waals surface area contributed by atoms with Gasteiger partial charge in [-0.05, 0) is 23.8 Å². The number of imide groups is 1. The standard InChI is InChI=1S/C19H14ClF3N2O4/c1-29-15-8-7-11(9-13(15)20)14(26)10-25-16(27)18(19(21,22)23,24-17(25)28)12-5-3-2-4-6-12/h2-9H,10H2,1H3,(H,24,28). The lowest BCUT2D eigenvalue weighted by atomic mass is 9.89. The Kier molecular flexibility index (Phi) is 5.27. The van der Waals surface area contributed by atoms with E-state index in [9.17, 15) is 27.6 Å². The Morgan fingerprint density at radius 1 is 1.17 bits per heavy atom. The van der Waals surface area contributed by atoms with Gasteiger partial charge in [-0.25, -0.2) is 4.79 Å². The molecule has 0 spiro atoms. The van der Waals surface area contributed by atoms with Crippen LogP contribution in [0.1, 0.15) is 15.9 Å². The summed E-state index contributed by atoms with van der Waals surface area (Å²) < 4.78 is 46.7. The molecular weight excluding hydrogens is 413 g/mol. The summed E-state index contributed by atoms with van der Waals surface area (Å²) in [6, 6.07) is 8.93. The number of ether oxygens (including phenoxy) is 1. The zero-order valence-electron chi connectivity index (χ0n) is 14.9. The maximum Gasteiger partial charge on any atom is 0.425 e. The van der Waals surface area contributed by atoms with Crippen molar-refractivity contribution in [3.05, 3.63) is 64.7 Å². The highest BCUT2D eigenvalue weighted by Gasteiger charge is 2.68. The third kappa shape index (κ3) is 3.42. The molecule has 1 aliphatic rings. The van der Waals surface area contributed by atoms with Crippen LogP contribution in [0.4, 0.5) is 18.0 Å². The van der Waals surface area contributed by atoms with Gasteiger partial charge in [0.05, 0.1) is 18.7 Å². The normalized spacial score (nSPS) is 19.3. The molecule has 2 aromatic rings. The van der Waals surface area contributed by atoms with Crippen molar-refractivity contribution >= 4 is 29.3 Å². The molecule has 6 nitrogen and oxygen atoms in total. The molecule has 0 bridgehead atoms. The number of ketones is 1. The number of nitrogens with one attached hydrogen (secondary N) is 1. The molecule has 0 aliphatic carbocycles. The maximum absolute atomic E-state index is 13.9. The van der Waals surface area contributed by atoms with E-state index in [1.807, 2.05) is 0 Å². The molecule has 0 radical (unpaired) electrons. The summed E-state index contributed by atoms with van der Waals surface area (Å²) in [7, 11) is 1.37. The SMILES string of the molecule is COc1ccc(C(=O)CN2C(=O)NC(c3ccccc3)(C(F)(F)F)C2=O)cc1Cl. The van der Waals surface area contributed by atoms with Gasteiger partial charge in [0.1, 0.15) is 5.75 Å². The number of hydrogen-bond donors (Lipinski definition) is 1. The number of methoxy groups -OCH3 is 1. The van der Waals surface area contributed by atoms with E-state index in [4.69, 9.17) is 16.3 Å². The zero-order chi connectivity index (χ0) is 21.4. The highest BCUT2D eigenvalue weighted by Crippen LogP contribution is 2.43. The molecule has 3 rings (SSSR count). The largest absolute Gasteiger partial charge is 0.495 e. The molecule has 3 amide bonds. The van der Waals surface area contributed by atoms with Crippen molar-refractivity contribution < 1.29 is 32.3 Å². The van der Waals surface area contributed by atoms with Crippen LogP contribution in [0, 0.1) is 0 Å². The summed E-state index contributed by atoms with van der Waals surface area (Å²) in [4.78, 5) is 37.7. The third-order valence-corrected chi connectivity index (χ3v) is 4.81. The average Bonchev–Trinajstić information content (AvgIpc) is 2.94. The molecule has 29 heavy (non-hydrogen) atoms. The molecule has 1 unspecified atom stereocenters. The van der Waals surface area contributed by atoms with E-state index in [2.05, 4.69) is 0 Å². The van der Waals surface area contributed by atoms with E-state index >= 15 is 0 Å². The molecular formula is C19H14ClF3N2O4. The van der Waals surface area contributed by atoms with E-state index in [-0.39, 0.29) is 15.5 Å². The van der Waals surface area contributed by atoms with Gasteiger partial charge in [-0.2, -0.15) is 13.2 Å². The van der Waals surface area contributed by atoms with Crippen molar-refractivity contribution in [2.75, 3.05) is 13.7 Å². The topological polar surface area (TPSA) is 75.7 Å². The van der Waals surface area contributed by atoms with Gasteiger partial charge in [-0.15, -0.1) is 0 Å². The number of urea groups is 1. The number of alkyl halides is 3. The first-order chi connectivity index (χ1) is 13.6. The minimum Gasteiger partial charge on any atom is -0.495 e. The van der Waals surface area contributed by atoms with Crippen LogP contribution in [0.15, 0.2) is 48.5 Å². The maximum atomic E-state index is 13.9. The van der Waals surface area contributed by atoms with Crippen LogP contribution in [0.2, 0.25) is 5.02 Å². The number of rotatable bonds is 5. The Morgan fingerprint density at radius 2 is 1.83 bits per heavy atom. The second-order valence-corrected chi connectivity index (χ2v) is 6.61. The second-order valence-electron chi connectivity index (χ2n) is 6.21. The fraction of sp³-hybridized carbons (Fsp3) is 0.211. The van der Waals surface area contributed by atoms with E-state index in [0.29, 0.717) is 5.75 Å². The molecule has 10 heteroatoms. The summed E-state index contributed by atoms with van der Waals surface area (Å²) in [6.07, 6.45) is -5.12. The van der Waals surface area contributed by atoms with Crippen LogP contribution in [0.5, 0.6) is 5.75 Å². The van der Waals surface area contributed by atoms with Crippen molar-refractivity contribution in [2.24, 2.45) is 0 Å². The van der Waals surface area contributed by atoms with Crippen molar-refractivity contribution in [3.63, 3.8) is 0 Å². The van der Waals surface area contributed by atoms with Gasteiger partial charge in [-0.3, -0.25) is 14.5 Å². The van der Waals surface area contributed by atoms with E-state index in [0.717, 1.165) is 12.1 Å². The van der Waals surface area contributed by atoms with E-state index in [1.165, 1.54) is 43.5 Å². The summed E-state index contributed by atoms with van der Waals surface area (Å²) >= 11 is 5.95. The van der Waals surface area contributed by atoms with Gasteiger partial charge in [-0.1, -0.05) is 41.9 Å². The molecule has 1 saturated heterocycles. The average molecular weight is 427 g/mol. The molecule has 0 aromatic heterocycles. The first-order valence-electron chi connectivity index (χ1n) is 8.25. The molecule has 0 saturated carbocycles. The Bertz CT molecular complexity index is 981. The number of benzene rings is 2. The number of halogens is 4. The Labute approximate surface area is 168 Å². The minimum absolute atomic E-state index is 0.0145. The number of amides is 3. The Morgan fingerprint density at radius 3 is 2.38 bits per heavy atom. The van der Waals surface area contributed by atoms with Gasteiger partial charge in [0.25, 0.3) is 5.91 Å². The zero-order valence-corrected chi connectivity index (χ0v) is 15.7. The minimum atomic E-state index is -5.12. The molecule has 1 heterocycles. The number of carbonyl (C=O) groups is 3. The fourth-order valence-corrected chi connectivity index (χ4v) is 3.29. The van der Waals surface area contributed by atoms with Crippen LogP contribution in [0.25, 0.3) is 0 Å². The van der Waals surface area contributed by atoms with E-state index in [1.54, 1.807) is 5.32 Å². The summed E-state index contributed by atoms with van der Waals surface area (Å²) in [5.41, 5.74) is -3.70. The molecule has 1 aliphatic heterocycles. The van der Waals surface area contributed by atoms with Crippen LogP contribution in [0.3, 0.4) is 0 Å². The Balaban J connectivity index is 1.94. The number of Topliss-reactive ketones (excluding diaryl/α,β-unsaturated/α-hetero) is 1. The van der Waals surface area contributed by atoms with Gasteiger partial charge in [0.15, 0.2) is 5.78 Å². The van der Waals surface area contributed by atoms with E-state index < -0.39 is 41.5 Å². The van der Waals surface area contributed by atoms with Gasteiger partial charge < -0.3 is 10.1 Å². The second kappa shape index (κ2) is 7.40. The van der Waals surface area contributed by atoms with Gasteiger partial charge in [0.2, 0.25) is 5.54 Å². The monoisotopic (exact) mass is 426 g/mol. The Hall–Kier alpha value is -3.07. The fourth-order valence-electron chi connectivity index (χ4n) is 3.03. The molecule has 1 fully saturated rings. The highest BCUT2D eigenvalue weighted by molar-refractivity contribution is 6.32. The van der Waals surface area contributed by atoms with Crippen LogP contribution >= 0.6 is 11.6 Å². The lowest BCUT2D eigenvalue weighted by molar-refractivity contribution is -0.198. The van der Waals surface area contributed by atoms with Crippen molar-refractivity contribution in [3.8, 4) is 5.75 Å². The lowest BCUT2D eigenvalue weighted by Gasteiger charge is -2.29. The first kappa shape index (κ1) is 20.7. The molecule has 152 valence electrons. The summed E-state index contributed by atoms with van der Waals surface area (Å²) in [5, 5.41) is 1.83. The van der Waals surface area contributed by atoms with Gasteiger partial charge >= 0.3 is 12.2 Å². The van der Waals surface area contributed by atoms with Crippen molar-refractivity contribution in [1.82, 2.24) is 10.2 Å². The molecule has 1 atom stereocenters. The summed E-state index contributed by atoms with van der Waals surface area (Å²) in [6.45, 7) is -0.877. The lowest BCUT2D eigenvalue weighted by Crippen LogP contribution is -2.55. The smallest absolute Gasteiger partial charge is 0.425 e. The van der Waals surface area contributed by atoms with Crippen LogP contribution < -0.4 is 10.1 Å².